The first kappa shape index (κ1) is 11.7. The topological polar surface area (TPSA) is 31.2 Å². The monoisotopic (exact) mass is 231 g/mol. The van der Waals surface area contributed by atoms with Crippen LogP contribution < -0.4 is 10.3 Å². The second kappa shape index (κ2) is 4.24. The Morgan fingerprint density at radius 2 is 2.00 bits per heavy atom. The Kier molecular flexibility index (Phi) is 2.92. The SMILES string of the molecule is COc1cccc2c(=O)n(C)cc(C(C)C)c12. The first-order chi connectivity index (χ1) is 8.06. The molecule has 0 N–H and O–H groups in total. The van der Waals surface area contributed by atoms with E-state index in [1.807, 2.05) is 24.4 Å². The second-order valence-corrected chi connectivity index (χ2v) is 4.54. The van der Waals surface area contributed by atoms with E-state index in [-0.39, 0.29) is 5.56 Å². The number of fused-ring (bicyclic) bond motifs is 1. The van der Waals surface area contributed by atoms with Gasteiger partial charge in [-0.25, -0.2) is 0 Å². The molecule has 3 nitrogen and oxygen atoms in total. The van der Waals surface area contributed by atoms with Crippen molar-refractivity contribution in [2.45, 2.75) is 19.8 Å². The number of methoxy groups -OCH3 is 1. The van der Waals surface area contributed by atoms with Gasteiger partial charge in [0.05, 0.1) is 12.5 Å². The number of ether oxygens (including phenoxy) is 1. The maximum Gasteiger partial charge on any atom is 0.258 e. The van der Waals surface area contributed by atoms with Gasteiger partial charge >= 0.3 is 0 Å². The lowest BCUT2D eigenvalue weighted by molar-refractivity contribution is 0.419. The van der Waals surface area contributed by atoms with Crippen molar-refractivity contribution in [3.63, 3.8) is 0 Å². The van der Waals surface area contributed by atoms with Gasteiger partial charge < -0.3 is 9.30 Å². The van der Waals surface area contributed by atoms with Crippen LogP contribution in [0.5, 0.6) is 5.75 Å². The summed E-state index contributed by atoms with van der Waals surface area (Å²) in [7, 11) is 3.42. The number of nitrogens with zero attached hydrogens (tertiary/aromatic N) is 1. The minimum atomic E-state index is 0.0169. The lowest BCUT2D eigenvalue weighted by atomic mass is 9.98. The highest BCUT2D eigenvalue weighted by Gasteiger charge is 2.13. The molecule has 0 fully saturated rings. The zero-order valence-electron chi connectivity index (χ0n) is 10.7. The summed E-state index contributed by atoms with van der Waals surface area (Å²) in [5.74, 6) is 1.12. The van der Waals surface area contributed by atoms with E-state index in [4.69, 9.17) is 4.74 Å². The zero-order valence-corrected chi connectivity index (χ0v) is 10.7. The molecule has 1 heterocycles. The number of hydrogen-bond donors (Lipinski definition) is 0. The van der Waals surface area contributed by atoms with Gasteiger partial charge in [-0.05, 0) is 23.6 Å². The Hall–Kier alpha value is -1.77. The lowest BCUT2D eigenvalue weighted by Gasteiger charge is -2.14. The Labute approximate surface area is 101 Å². The van der Waals surface area contributed by atoms with Gasteiger partial charge in [-0.15, -0.1) is 0 Å². The van der Waals surface area contributed by atoms with E-state index in [1.165, 1.54) is 0 Å². The molecule has 0 unspecified atom stereocenters. The molecule has 0 saturated heterocycles. The molecule has 3 heteroatoms. The van der Waals surface area contributed by atoms with E-state index in [9.17, 15) is 4.79 Å². The zero-order chi connectivity index (χ0) is 12.6. The molecular formula is C14H17NO2. The average molecular weight is 231 g/mol. The Balaban J connectivity index is 2.99. The molecule has 0 saturated carbocycles. The third kappa shape index (κ3) is 1.82. The van der Waals surface area contributed by atoms with Crippen LogP contribution in [0.2, 0.25) is 0 Å². The van der Waals surface area contributed by atoms with Crippen LogP contribution in [0, 0.1) is 0 Å². The minimum absolute atomic E-state index is 0.0169. The van der Waals surface area contributed by atoms with Gasteiger partial charge in [0.25, 0.3) is 5.56 Å². The standard InChI is InChI=1S/C14H17NO2/c1-9(2)11-8-15(3)14(16)10-6-5-7-12(17-4)13(10)11/h5-9H,1-4H3. The van der Waals surface area contributed by atoms with Crippen molar-refractivity contribution in [1.29, 1.82) is 0 Å². The van der Waals surface area contributed by atoms with Crippen LogP contribution in [0.15, 0.2) is 29.2 Å². The van der Waals surface area contributed by atoms with Crippen LogP contribution in [0.3, 0.4) is 0 Å². The first-order valence-corrected chi connectivity index (χ1v) is 5.72. The van der Waals surface area contributed by atoms with Gasteiger partial charge in [-0.2, -0.15) is 0 Å². The van der Waals surface area contributed by atoms with Crippen molar-refractivity contribution in [3.8, 4) is 5.75 Å². The van der Waals surface area contributed by atoms with Crippen molar-refractivity contribution in [2.75, 3.05) is 7.11 Å². The van der Waals surface area contributed by atoms with Gasteiger partial charge in [-0.3, -0.25) is 4.79 Å². The number of aryl methyl sites for hydroxylation is 1. The number of rotatable bonds is 2. The fourth-order valence-corrected chi connectivity index (χ4v) is 2.14. The highest BCUT2D eigenvalue weighted by Crippen LogP contribution is 2.30. The molecule has 0 aliphatic rings. The molecular weight excluding hydrogens is 214 g/mol. The van der Waals surface area contributed by atoms with Crippen molar-refractivity contribution in [2.24, 2.45) is 7.05 Å². The normalized spacial score (nSPS) is 11.1. The van der Waals surface area contributed by atoms with E-state index in [2.05, 4.69) is 13.8 Å². The van der Waals surface area contributed by atoms with Crippen molar-refractivity contribution in [3.05, 3.63) is 40.3 Å². The van der Waals surface area contributed by atoms with Crippen molar-refractivity contribution < 1.29 is 4.74 Å². The van der Waals surface area contributed by atoms with Gasteiger partial charge in [0, 0.05) is 18.6 Å². The Morgan fingerprint density at radius 3 is 2.59 bits per heavy atom. The largest absolute Gasteiger partial charge is 0.496 e. The van der Waals surface area contributed by atoms with E-state index in [0.29, 0.717) is 5.92 Å². The molecule has 17 heavy (non-hydrogen) atoms. The number of hydrogen-bond acceptors (Lipinski definition) is 2. The minimum Gasteiger partial charge on any atom is -0.496 e. The highest BCUT2D eigenvalue weighted by molar-refractivity contribution is 5.90. The summed E-state index contributed by atoms with van der Waals surface area (Å²) < 4.78 is 7.00. The molecule has 0 spiro atoms. The Bertz CT molecular complexity index is 611. The third-order valence-electron chi connectivity index (χ3n) is 3.04. The summed E-state index contributed by atoms with van der Waals surface area (Å²) in [6.07, 6.45) is 1.90. The van der Waals surface area contributed by atoms with Crippen LogP contribution in [-0.4, -0.2) is 11.7 Å². The summed E-state index contributed by atoms with van der Waals surface area (Å²) in [6.45, 7) is 4.23. The molecule has 2 rings (SSSR count). The van der Waals surface area contributed by atoms with E-state index >= 15 is 0 Å². The van der Waals surface area contributed by atoms with Crippen molar-refractivity contribution in [1.82, 2.24) is 4.57 Å². The van der Waals surface area contributed by atoms with Gasteiger partial charge in [0.1, 0.15) is 5.75 Å². The lowest BCUT2D eigenvalue weighted by Crippen LogP contribution is -2.18. The molecule has 0 aliphatic carbocycles. The van der Waals surface area contributed by atoms with Crippen LogP contribution in [-0.2, 0) is 7.05 Å². The highest BCUT2D eigenvalue weighted by atomic mass is 16.5. The number of benzene rings is 1. The maximum absolute atomic E-state index is 12.1. The maximum atomic E-state index is 12.1. The molecule has 0 aliphatic heterocycles. The second-order valence-electron chi connectivity index (χ2n) is 4.54. The summed E-state index contributed by atoms with van der Waals surface area (Å²) in [5, 5.41) is 1.66. The van der Waals surface area contributed by atoms with Gasteiger partial charge in [0.15, 0.2) is 0 Å². The predicted octanol–water partition coefficient (Wildman–Crippen LogP) is 2.67. The average Bonchev–Trinajstić information content (AvgIpc) is 2.32. The van der Waals surface area contributed by atoms with E-state index < -0.39 is 0 Å². The Morgan fingerprint density at radius 1 is 1.29 bits per heavy atom. The molecule has 0 radical (unpaired) electrons. The fraction of sp³-hybridized carbons (Fsp3) is 0.357. The van der Waals surface area contributed by atoms with E-state index in [0.717, 1.165) is 22.1 Å². The fourth-order valence-electron chi connectivity index (χ4n) is 2.14. The van der Waals surface area contributed by atoms with Crippen molar-refractivity contribution >= 4 is 10.8 Å². The predicted molar refractivity (Wildman–Crippen MR) is 69.8 cm³/mol. The molecule has 90 valence electrons. The van der Waals surface area contributed by atoms with E-state index in [1.54, 1.807) is 18.7 Å². The quantitative estimate of drug-likeness (QED) is 0.795. The molecule has 0 atom stereocenters. The van der Waals surface area contributed by atoms with Crippen LogP contribution in [0.4, 0.5) is 0 Å². The summed E-state index contributed by atoms with van der Waals surface area (Å²) in [5.41, 5.74) is 1.16. The number of pyridine rings is 1. The number of aromatic nitrogens is 1. The van der Waals surface area contributed by atoms with Gasteiger partial charge in [0.2, 0.25) is 0 Å². The summed E-state index contributed by atoms with van der Waals surface area (Å²) >= 11 is 0. The smallest absolute Gasteiger partial charge is 0.258 e. The molecule has 1 aromatic carbocycles. The molecule has 0 bridgehead atoms. The summed E-state index contributed by atoms with van der Waals surface area (Å²) in [4.78, 5) is 12.1. The van der Waals surface area contributed by atoms with Crippen LogP contribution in [0.25, 0.3) is 10.8 Å². The van der Waals surface area contributed by atoms with Crippen LogP contribution >= 0.6 is 0 Å². The van der Waals surface area contributed by atoms with Gasteiger partial charge in [-0.1, -0.05) is 19.9 Å². The van der Waals surface area contributed by atoms with Crippen LogP contribution in [0.1, 0.15) is 25.3 Å². The summed E-state index contributed by atoms with van der Waals surface area (Å²) in [6, 6.07) is 5.60. The molecule has 0 amide bonds. The molecule has 1 aromatic heterocycles. The third-order valence-corrected chi connectivity index (χ3v) is 3.04. The first-order valence-electron chi connectivity index (χ1n) is 5.72. The molecule has 2 aromatic rings.